The van der Waals surface area contributed by atoms with Crippen LogP contribution >= 0.6 is 0 Å². The summed E-state index contributed by atoms with van der Waals surface area (Å²) in [4.78, 5) is 10.1. The van der Waals surface area contributed by atoms with E-state index in [4.69, 9.17) is 34.4 Å². The van der Waals surface area contributed by atoms with Crippen LogP contribution in [0.1, 0.15) is 38.5 Å². The maximum Gasteiger partial charge on any atom is 0.0110 e. The molecule has 0 aliphatic heterocycles. The first-order valence-corrected chi connectivity index (χ1v) is 17.4. The third kappa shape index (κ3) is 28.7. The van der Waals surface area contributed by atoms with Crippen LogP contribution < -0.4 is 50.4 Å². The Balaban J connectivity index is 4.63. The number of hydrogen-bond acceptors (Lipinski definition) is 13. The molecule has 13 heteroatoms. The van der Waals surface area contributed by atoms with Crippen LogP contribution in [0.4, 0.5) is 0 Å². The molecule has 0 unspecified atom stereocenters. The fourth-order valence-corrected chi connectivity index (χ4v) is 5.11. The van der Waals surface area contributed by atoms with Crippen LogP contribution in [0.15, 0.2) is 0 Å². The topological polar surface area (TPSA) is 205 Å². The van der Waals surface area contributed by atoms with E-state index < -0.39 is 0 Å². The third-order valence-corrected chi connectivity index (χ3v) is 7.77. The number of nitrogens with zero attached hydrogens (tertiary/aromatic N) is 4. The van der Waals surface area contributed by atoms with Gasteiger partial charge in [-0.25, -0.2) is 0 Å². The zero-order valence-electron chi connectivity index (χ0n) is 28.0. The van der Waals surface area contributed by atoms with Crippen LogP contribution in [-0.2, 0) is 0 Å². The molecule has 260 valence electrons. The smallest absolute Gasteiger partial charge is 0.0110 e. The number of nitrogens with two attached hydrogens (primary N) is 6. The highest BCUT2D eigenvalue weighted by atomic mass is 15.2. The van der Waals surface area contributed by atoms with Crippen LogP contribution in [0, 0.1) is 0 Å². The molecule has 0 saturated carbocycles. The van der Waals surface area contributed by atoms with E-state index in [1.807, 2.05) is 0 Å². The summed E-state index contributed by atoms with van der Waals surface area (Å²) in [6.07, 6.45) is 6.97. The zero-order valence-corrected chi connectivity index (χ0v) is 28.0. The summed E-state index contributed by atoms with van der Waals surface area (Å²) in [6, 6.07) is 0. The first-order valence-electron chi connectivity index (χ1n) is 17.4. The SMILES string of the molecule is NCCCCCN(CCN)CCN(CCNCCN)CCNCCN(CCN)CCN(CCCCCN)CCNCCN. The zero-order chi connectivity index (χ0) is 31.6. The van der Waals surface area contributed by atoms with Gasteiger partial charge in [-0.1, -0.05) is 12.8 Å². The van der Waals surface area contributed by atoms with Crippen molar-refractivity contribution in [3.05, 3.63) is 0 Å². The van der Waals surface area contributed by atoms with E-state index in [1.165, 1.54) is 25.7 Å². The number of rotatable bonds is 36. The average Bonchev–Trinajstić information content (AvgIpc) is 3.01. The highest BCUT2D eigenvalue weighted by molar-refractivity contribution is 4.70. The van der Waals surface area contributed by atoms with Gasteiger partial charge in [0, 0.05) is 131 Å². The van der Waals surface area contributed by atoms with Crippen molar-refractivity contribution in [2.45, 2.75) is 38.5 Å². The van der Waals surface area contributed by atoms with Gasteiger partial charge in [0.2, 0.25) is 0 Å². The summed E-state index contributed by atoms with van der Waals surface area (Å²) in [7, 11) is 0. The highest BCUT2D eigenvalue weighted by Gasteiger charge is 2.11. The van der Waals surface area contributed by atoms with Gasteiger partial charge in [-0.3, -0.25) is 9.80 Å². The normalized spacial score (nSPS) is 12.1. The van der Waals surface area contributed by atoms with E-state index in [0.29, 0.717) is 26.2 Å². The number of nitrogens with one attached hydrogen (secondary N) is 3. The fraction of sp³-hybridized carbons (Fsp3) is 1.00. The quantitative estimate of drug-likeness (QED) is 0.0323. The second-order valence-corrected chi connectivity index (χ2v) is 11.5. The van der Waals surface area contributed by atoms with Gasteiger partial charge >= 0.3 is 0 Å². The van der Waals surface area contributed by atoms with Crippen LogP contribution in [0.25, 0.3) is 0 Å². The fourth-order valence-electron chi connectivity index (χ4n) is 5.11. The van der Waals surface area contributed by atoms with Crippen LogP contribution in [0.3, 0.4) is 0 Å². The lowest BCUT2D eigenvalue weighted by atomic mass is 10.2. The average molecular weight is 618 g/mol. The van der Waals surface area contributed by atoms with Gasteiger partial charge in [-0.15, -0.1) is 0 Å². The second kappa shape index (κ2) is 34.4. The van der Waals surface area contributed by atoms with Crippen molar-refractivity contribution in [2.75, 3.05) is 157 Å². The summed E-state index contributed by atoms with van der Waals surface area (Å²) in [6.45, 7) is 22.3. The van der Waals surface area contributed by atoms with Gasteiger partial charge in [0.1, 0.15) is 0 Å². The molecule has 0 aliphatic rings. The molecule has 0 aromatic carbocycles. The maximum atomic E-state index is 5.98. The van der Waals surface area contributed by atoms with E-state index >= 15 is 0 Å². The van der Waals surface area contributed by atoms with E-state index in [9.17, 15) is 0 Å². The summed E-state index contributed by atoms with van der Waals surface area (Å²) in [5.41, 5.74) is 34.6. The minimum atomic E-state index is 0.672. The molecule has 0 aromatic heterocycles. The molecule has 0 rings (SSSR count). The van der Waals surface area contributed by atoms with Crippen molar-refractivity contribution >= 4 is 0 Å². The summed E-state index contributed by atoms with van der Waals surface area (Å²) in [5.74, 6) is 0. The monoisotopic (exact) mass is 618 g/mol. The van der Waals surface area contributed by atoms with Crippen molar-refractivity contribution in [1.82, 2.24) is 35.6 Å². The summed E-state index contributed by atoms with van der Waals surface area (Å²) in [5, 5.41) is 10.6. The van der Waals surface area contributed by atoms with Gasteiger partial charge in [0.05, 0.1) is 0 Å². The van der Waals surface area contributed by atoms with Crippen molar-refractivity contribution in [1.29, 1.82) is 0 Å². The largest absolute Gasteiger partial charge is 0.330 e. The predicted octanol–water partition coefficient (Wildman–Crippen LogP) is -2.94. The first-order chi connectivity index (χ1) is 21.1. The lowest BCUT2D eigenvalue weighted by Crippen LogP contribution is -2.45. The third-order valence-electron chi connectivity index (χ3n) is 7.77. The van der Waals surface area contributed by atoms with Gasteiger partial charge in [-0.2, -0.15) is 0 Å². The molecule has 0 heterocycles. The number of unbranched alkanes of at least 4 members (excludes halogenated alkanes) is 4. The lowest BCUT2D eigenvalue weighted by Gasteiger charge is -2.29. The minimum Gasteiger partial charge on any atom is -0.330 e. The second-order valence-electron chi connectivity index (χ2n) is 11.5. The Morgan fingerprint density at radius 2 is 0.581 bits per heavy atom. The Labute approximate surface area is 265 Å². The Morgan fingerprint density at radius 1 is 0.256 bits per heavy atom. The molecule has 0 spiro atoms. The van der Waals surface area contributed by atoms with Crippen LogP contribution in [-0.4, -0.2) is 177 Å². The van der Waals surface area contributed by atoms with Crippen molar-refractivity contribution in [2.24, 2.45) is 34.4 Å². The van der Waals surface area contributed by atoms with Gasteiger partial charge in [0.25, 0.3) is 0 Å². The van der Waals surface area contributed by atoms with Crippen LogP contribution in [0.2, 0.25) is 0 Å². The predicted molar refractivity (Wildman–Crippen MR) is 186 cm³/mol. The molecule has 0 bridgehead atoms. The minimum absolute atomic E-state index is 0.672. The van der Waals surface area contributed by atoms with Crippen molar-refractivity contribution in [3.8, 4) is 0 Å². The molecule has 0 amide bonds. The molecular formula is C30H75N13. The van der Waals surface area contributed by atoms with E-state index in [1.54, 1.807) is 0 Å². The molecule has 0 radical (unpaired) electrons. The Bertz CT molecular complexity index is 520. The first kappa shape index (κ1) is 42.5. The Morgan fingerprint density at radius 3 is 0.930 bits per heavy atom. The standard InChI is InChI=1S/C30H75N13/c31-7-3-1-5-19-40(21-11-35)27-30-43(25-16-38-14-10-34)26-18-39-17-24-42(22-12-36)29-28-41(20-6-2-4-8-32)23-15-37-13-9-33/h37-39H,1-36H2. The van der Waals surface area contributed by atoms with Crippen LogP contribution in [0.5, 0.6) is 0 Å². The van der Waals surface area contributed by atoms with E-state index in [-0.39, 0.29) is 0 Å². The summed E-state index contributed by atoms with van der Waals surface area (Å²) >= 11 is 0. The maximum absolute atomic E-state index is 5.98. The Kier molecular flexibility index (Phi) is 33.9. The molecular weight excluding hydrogens is 542 g/mol. The van der Waals surface area contributed by atoms with Gasteiger partial charge < -0.3 is 60.2 Å². The molecule has 13 nitrogen and oxygen atoms in total. The molecule has 0 aromatic rings. The van der Waals surface area contributed by atoms with E-state index in [0.717, 1.165) is 144 Å². The molecule has 0 saturated heterocycles. The molecule has 43 heavy (non-hydrogen) atoms. The van der Waals surface area contributed by atoms with Gasteiger partial charge in [0.15, 0.2) is 0 Å². The van der Waals surface area contributed by atoms with Gasteiger partial charge in [-0.05, 0) is 51.9 Å². The summed E-state index contributed by atoms with van der Waals surface area (Å²) < 4.78 is 0. The van der Waals surface area contributed by atoms with Crippen molar-refractivity contribution in [3.63, 3.8) is 0 Å². The lowest BCUT2D eigenvalue weighted by molar-refractivity contribution is 0.197. The molecule has 0 aliphatic carbocycles. The molecule has 0 atom stereocenters. The van der Waals surface area contributed by atoms with Crippen molar-refractivity contribution < 1.29 is 0 Å². The molecule has 0 fully saturated rings. The Hall–Kier alpha value is -0.520. The molecule has 15 N–H and O–H groups in total. The number of hydrogen-bond donors (Lipinski definition) is 9. The van der Waals surface area contributed by atoms with E-state index in [2.05, 4.69) is 35.6 Å². The highest BCUT2D eigenvalue weighted by Crippen LogP contribution is 2.01.